The number of ketones is 1. The topological polar surface area (TPSA) is 85.1 Å². The zero-order valence-electron chi connectivity index (χ0n) is 12.8. The number of hydrogen-bond donors (Lipinski definition) is 1. The molecule has 0 unspecified atom stereocenters. The third kappa shape index (κ3) is 3.85. The fourth-order valence-corrected chi connectivity index (χ4v) is 2.58. The molecule has 0 radical (unpaired) electrons. The van der Waals surface area contributed by atoms with Gasteiger partial charge in [0, 0.05) is 6.92 Å². The van der Waals surface area contributed by atoms with Crippen molar-refractivity contribution in [2.45, 2.75) is 12.1 Å². The number of thioether (sulfide) groups is 1. The second kappa shape index (κ2) is 7.51. The molecule has 8 heteroatoms. The molecule has 1 aromatic heterocycles. The molecule has 3 rings (SSSR count). The molecule has 0 saturated carbocycles. The van der Waals surface area contributed by atoms with E-state index in [4.69, 9.17) is 0 Å². The number of benzene rings is 2. The first-order valence-corrected chi connectivity index (χ1v) is 7.97. The van der Waals surface area contributed by atoms with E-state index in [1.165, 1.54) is 6.92 Å². The van der Waals surface area contributed by atoms with Crippen LogP contribution in [0.15, 0.2) is 70.9 Å². The van der Waals surface area contributed by atoms with Gasteiger partial charge in [-0.2, -0.15) is 9.78 Å². The Bertz CT molecular complexity index is 847. The molecule has 0 atom stereocenters. The number of aromatic nitrogens is 4. The maximum Gasteiger partial charge on any atom is 0.220 e. The number of hydrazone groups is 1. The summed E-state index contributed by atoms with van der Waals surface area (Å²) in [7, 11) is 0. The number of rotatable bonds is 5. The fourth-order valence-electron chi connectivity index (χ4n) is 1.86. The van der Waals surface area contributed by atoms with Crippen molar-refractivity contribution in [2.75, 3.05) is 5.43 Å². The molecule has 0 aliphatic carbocycles. The Labute approximate surface area is 142 Å². The van der Waals surface area contributed by atoms with Gasteiger partial charge in [-0.25, -0.2) is 0 Å². The maximum absolute atomic E-state index is 11.9. The van der Waals surface area contributed by atoms with E-state index in [2.05, 4.69) is 26.1 Å². The lowest BCUT2D eigenvalue weighted by Gasteiger charge is -2.05. The van der Waals surface area contributed by atoms with E-state index >= 15 is 0 Å². The van der Waals surface area contributed by atoms with Crippen molar-refractivity contribution in [1.29, 1.82) is 0 Å². The van der Waals surface area contributed by atoms with Gasteiger partial charge in [-0.05, 0) is 46.5 Å². The van der Waals surface area contributed by atoms with Crippen LogP contribution in [0.2, 0.25) is 0 Å². The van der Waals surface area contributed by atoms with Crippen LogP contribution in [0.5, 0.6) is 0 Å². The van der Waals surface area contributed by atoms with Gasteiger partial charge in [-0.1, -0.05) is 36.4 Å². The van der Waals surface area contributed by atoms with Crippen LogP contribution in [0.1, 0.15) is 6.92 Å². The highest BCUT2D eigenvalue weighted by Gasteiger charge is 2.16. The molecule has 0 bridgehead atoms. The molecule has 0 aliphatic heterocycles. The van der Waals surface area contributed by atoms with Gasteiger partial charge in [0.1, 0.15) is 0 Å². The summed E-state index contributed by atoms with van der Waals surface area (Å²) in [5.74, 6) is -0.175. The fraction of sp³-hybridized carbons (Fsp3) is 0.0625. The lowest BCUT2D eigenvalue weighted by molar-refractivity contribution is -0.110. The number of anilines is 1. The van der Waals surface area contributed by atoms with Crippen LogP contribution in [0.4, 0.5) is 5.69 Å². The first kappa shape index (κ1) is 15.9. The molecule has 0 saturated heterocycles. The van der Waals surface area contributed by atoms with E-state index in [1.54, 1.807) is 4.68 Å². The van der Waals surface area contributed by atoms with Gasteiger partial charge in [0.2, 0.25) is 5.16 Å². The van der Waals surface area contributed by atoms with E-state index in [0.29, 0.717) is 5.16 Å². The Balaban J connectivity index is 1.82. The first-order chi connectivity index (χ1) is 11.7. The molecule has 7 nitrogen and oxygen atoms in total. The van der Waals surface area contributed by atoms with Gasteiger partial charge in [0.15, 0.2) is 10.8 Å². The lowest BCUT2D eigenvalue weighted by atomic mass is 10.3. The highest BCUT2D eigenvalue weighted by Crippen LogP contribution is 2.20. The van der Waals surface area contributed by atoms with Gasteiger partial charge in [-0.15, -0.1) is 5.10 Å². The molecule has 1 N–H and O–H groups in total. The summed E-state index contributed by atoms with van der Waals surface area (Å²) in [5.41, 5.74) is 4.47. The largest absolute Gasteiger partial charge is 0.292 e. The van der Waals surface area contributed by atoms with E-state index in [0.717, 1.165) is 23.1 Å². The van der Waals surface area contributed by atoms with Crippen LogP contribution >= 0.6 is 11.8 Å². The summed E-state index contributed by atoms with van der Waals surface area (Å²) < 4.78 is 1.56. The molecular formula is C16H14N6OS. The minimum atomic E-state index is -0.175. The molecule has 0 spiro atoms. The minimum absolute atomic E-state index is 0.175. The van der Waals surface area contributed by atoms with Gasteiger partial charge < -0.3 is 0 Å². The monoisotopic (exact) mass is 338 g/mol. The zero-order valence-corrected chi connectivity index (χ0v) is 13.6. The molecule has 0 amide bonds. The number of tetrazole rings is 1. The highest BCUT2D eigenvalue weighted by molar-refractivity contribution is 8.15. The predicted octanol–water partition coefficient (Wildman–Crippen LogP) is 2.77. The van der Waals surface area contributed by atoms with Crippen LogP contribution in [0.3, 0.4) is 0 Å². The average molecular weight is 338 g/mol. The first-order valence-electron chi connectivity index (χ1n) is 7.15. The Morgan fingerprint density at radius 3 is 2.42 bits per heavy atom. The standard InChI is InChI=1S/C16H14N6OS/c1-12(23)15(18-17-13-8-4-2-5-9-13)24-16-19-20-21-22(16)14-10-6-3-7-11-14/h2-11,17H,1H3. The predicted molar refractivity (Wildman–Crippen MR) is 93.2 cm³/mol. The minimum Gasteiger partial charge on any atom is -0.292 e. The third-order valence-electron chi connectivity index (χ3n) is 2.99. The molecule has 2 aromatic carbocycles. The second-order valence-electron chi connectivity index (χ2n) is 4.76. The molecule has 24 heavy (non-hydrogen) atoms. The number of para-hydroxylation sites is 2. The Morgan fingerprint density at radius 1 is 1.08 bits per heavy atom. The molecular weight excluding hydrogens is 324 g/mol. The van der Waals surface area contributed by atoms with Crippen molar-refractivity contribution < 1.29 is 4.79 Å². The SMILES string of the molecule is CC(=O)C(=NNc1ccccc1)Sc1nnnn1-c1ccccc1. The third-order valence-corrected chi connectivity index (χ3v) is 4.00. The zero-order chi connectivity index (χ0) is 16.8. The van der Waals surface area contributed by atoms with Crippen molar-refractivity contribution in [3.8, 4) is 5.69 Å². The number of Topliss-reactive ketones (excluding diaryl/α,β-unsaturated/α-hetero) is 1. The molecule has 3 aromatic rings. The summed E-state index contributed by atoms with van der Waals surface area (Å²) in [6, 6.07) is 18.9. The number of nitrogens with zero attached hydrogens (tertiary/aromatic N) is 5. The molecule has 0 fully saturated rings. The summed E-state index contributed by atoms with van der Waals surface area (Å²) in [6.07, 6.45) is 0. The maximum atomic E-state index is 11.9. The smallest absolute Gasteiger partial charge is 0.220 e. The van der Waals surface area contributed by atoms with Crippen molar-refractivity contribution in [2.24, 2.45) is 5.10 Å². The van der Waals surface area contributed by atoms with Crippen LogP contribution in [0.25, 0.3) is 5.69 Å². The average Bonchev–Trinajstić information content (AvgIpc) is 3.08. The summed E-state index contributed by atoms with van der Waals surface area (Å²) >= 11 is 1.11. The summed E-state index contributed by atoms with van der Waals surface area (Å²) in [6.45, 7) is 1.45. The number of carbonyl (C=O) groups excluding carboxylic acids is 1. The van der Waals surface area contributed by atoms with Crippen LogP contribution in [0, 0.1) is 0 Å². The Morgan fingerprint density at radius 2 is 1.75 bits per heavy atom. The molecule has 0 aliphatic rings. The van der Waals surface area contributed by atoms with Gasteiger partial charge in [0.25, 0.3) is 0 Å². The van der Waals surface area contributed by atoms with E-state index < -0.39 is 0 Å². The van der Waals surface area contributed by atoms with Crippen molar-refractivity contribution >= 4 is 28.3 Å². The quantitative estimate of drug-likeness (QED) is 0.333. The molecule has 120 valence electrons. The van der Waals surface area contributed by atoms with Crippen molar-refractivity contribution in [1.82, 2.24) is 20.2 Å². The van der Waals surface area contributed by atoms with Gasteiger partial charge in [-0.3, -0.25) is 10.2 Å². The van der Waals surface area contributed by atoms with E-state index in [-0.39, 0.29) is 10.8 Å². The van der Waals surface area contributed by atoms with Gasteiger partial charge in [0.05, 0.1) is 11.4 Å². The normalized spacial score (nSPS) is 11.3. The number of carbonyl (C=O) groups is 1. The van der Waals surface area contributed by atoms with Crippen molar-refractivity contribution in [3.63, 3.8) is 0 Å². The van der Waals surface area contributed by atoms with Crippen LogP contribution in [-0.2, 0) is 4.79 Å². The van der Waals surface area contributed by atoms with E-state index in [9.17, 15) is 4.79 Å². The van der Waals surface area contributed by atoms with Crippen LogP contribution in [-0.4, -0.2) is 31.0 Å². The lowest BCUT2D eigenvalue weighted by Crippen LogP contribution is -2.10. The van der Waals surface area contributed by atoms with Crippen LogP contribution < -0.4 is 5.43 Å². The second-order valence-corrected chi connectivity index (χ2v) is 5.72. The Hall–Kier alpha value is -3.00. The molecule has 1 heterocycles. The van der Waals surface area contributed by atoms with E-state index in [1.807, 2.05) is 60.7 Å². The summed E-state index contributed by atoms with van der Waals surface area (Å²) in [5, 5.41) is 16.5. The Kier molecular flexibility index (Phi) is 4.97. The number of hydrogen-bond acceptors (Lipinski definition) is 7. The van der Waals surface area contributed by atoms with Crippen molar-refractivity contribution in [3.05, 3.63) is 60.7 Å². The number of nitrogens with one attached hydrogen (secondary N) is 1. The summed E-state index contributed by atoms with van der Waals surface area (Å²) in [4.78, 5) is 11.9. The van der Waals surface area contributed by atoms with Gasteiger partial charge >= 0.3 is 0 Å². The highest BCUT2D eigenvalue weighted by atomic mass is 32.2.